The topological polar surface area (TPSA) is 48.9 Å². The van der Waals surface area contributed by atoms with E-state index in [9.17, 15) is 0 Å². The molecule has 24 heavy (non-hydrogen) atoms. The van der Waals surface area contributed by atoms with E-state index >= 15 is 0 Å². The first kappa shape index (κ1) is 19.0. The lowest BCUT2D eigenvalue weighted by Gasteiger charge is -2.29. The van der Waals surface area contributed by atoms with Crippen LogP contribution in [0.4, 0.5) is 0 Å². The molecule has 0 amide bonds. The summed E-state index contributed by atoms with van der Waals surface area (Å²) in [6.07, 6.45) is 0.946. The molecule has 5 nitrogen and oxygen atoms in total. The van der Waals surface area contributed by atoms with Crippen LogP contribution in [0.15, 0.2) is 29.3 Å². The molecule has 1 fully saturated rings. The minimum Gasteiger partial charge on any atom is -0.379 e. The second-order valence-electron chi connectivity index (χ2n) is 6.27. The van der Waals surface area contributed by atoms with Crippen molar-refractivity contribution in [3.8, 4) is 0 Å². The second-order valence-corrected chi connectivity index (χ2v) is 6.71. The van der Waals surface area contributed by atoms with E-state index < -0.39 is 0 Å². The normalized spacial score (nSPS) is 17.5. The van der Waals surface area contributed by atoms with Crippen LogP contribution in [-0.2, 0) is 11.2 Å². The molecule has 1 aliphatic rings. The zero-order chi connectivity index (χ0) is 17.2. The molecule has 0 aliphatic carbocycles. The van der Waals surface area contributed by atoms with Gasteiger partial charge in [0.2, 0.25) is 0 Å². The van der Waals surface area contributed by atoms with Crippen molar-refractivity contribution in [2.75, 3.05) is 53.0 Å². The van der Waals surface area contributed by atoms with Crippen molar-refractivity contribution in [1.29, 1.82) is 0 Å². The quantitative estimate of drug-likeness (QED) is 0.582. The Hall–Kier alpha value is -1.30. The van der Waals surface area contributed by atoms with Crippen LogP contribution < -0.4 is 10.6 Å². The molecule has 0 spiro atoms. The third-order valence-corrected chi connectivity index (χ3v) is 4.39. The van der Waals surface area contributed by atoms with E-state index in [0.717, 1.165) is 63.3 Å². The molecule has 134 valence electrons. The molecule has 1 saturated heterocycles. The van der Waals surface area contributed by atoms with Gasteiger partial charge in [-0.25, -0.2) is 0 Å². The Morgan fingerprint density at radius 2 is 1.96 bits per heavy atom. The van der Waals surface area contributed by atoms with Crippen LogP contribution in [0.5, 0.6) is 0 Å². The number of aliphatic imine (C=N–C) groups is 1. The van der Waals surface area contributed by atoms with Crippen molar-refractivity contribution in [3.63, 3.8) is 0 Å². The third-order valence-electron chi connectivity index (χ3n) is 4.13. The first-order chi connectivity index (χ1) is 11.7. The molecule has 2 N–H and O–H groups in total. The van der Waals surface area contributed by atoms with Gasteiger partial charge in [0.15, 0.2) is 5.96 Å². The van der Waals surface area contributed by atoms with E-state index in [2.05, 4.69) is 39.6 Å². The van der Waals surface area contributed by atoms with E-state index in [4.69, 9.17) is 16.3 Å². The van der Waals surface area contributed by atoms with Crippen molar-refractivity contribution in [2.24, 2.45) is 10.9 Å². The molecule has 1 aromatic carbocycles. The Morgan fingerprint density at radius 1 is 1.25 bits per heavy atom. The summed E-state index contributed by atoms with van der Waals surface area (Å²) in [4.78, 5) is 6.76. The third kappa shape index (κ3) is 7.07. The monoisotopic (exact) mass is 352 g/mol. The van der Waals surface area contributed by atoms with Gasteiger partial charge in [0, 0.05) is 44.8 Å². The number of ether oxygens (including phenoxy) is 1. The molecular weight excluding hydrogens is 324 g/mol. The summed E-state index contributed by atoms with van der Waals surface area (Å²) in [5, 5.41) is 7.55. The highest BCUT2D eigenvalue weighted by atomic mass is 35.5. The zero-order valence-corrected chi connectivity index (χ0v) is 15.5. The molecule has 1 unspecified atom stereocenters. The number of hydrogen-bond acceptors (Lipinski definition) is 3. The molecule has 6 heteroatoms. The lowest BCUT2D eigenvalue weighted by atomic mass is 10.1. The van der Waals surface area contributed by atoms with Crippen molar-refractivity contribution in [3.05, 3.63) is 34.9 Å². The van der Waals surface area contributed by atoms with Gasteiger partial charge in [-0.2, -0.15) is 0 Å². The Kier molecular flexibility index (Phi) is 8.36. The number of guanidine groups is 1. The lowest BCUT2D eigenvalue weighted by molar-refractivity contribution is 0.0320. The molecule has 0 aromatic heterocycles. The molecule has 1 atom stereocenters. The number of hydrogen-bond donors (Lipinski definition) is 2. The van der Waals surface area contributed by atoms with Gasteiger partial charge in [-0.15, -0.1) is 0 Å². The Morgan fingerprint density at radius 3 is 2.62 bits per heavy atom. The molecule has 1 aliphatic heterocycles. The van der Waals surface area contributed by atoms with Gasteiger partial charge < -0.3 is 15.4 Å². The second kappa shape index (κ2) is 10.5. The first-order valence-corrected chi connectivity index (χ1v) is 9.04. The number of benzene rings is 1. The van der Waals surface area contributed by atoms with Crippen LogP contribution >= 0.6 is 11.6 Å². The number of halogens is 1. The number of nitrogens with zero attached hydrogens (tertiary/aromatic N) is 2. The summed E-state index contributed by atoms with van der Waals surface area (Å²) >= 11 is 5.90. The molecule has 1 heterocycles. The van der Waals surface area contributed by atoms with Crippen LogP contribution in [0.25, 0.3) is 0 Å². The van der Waals surface area contributed by atoms with Gasteiger partial charge in [0.25, 0.3) is 0 Å². The Bertz CT molecular complexity index is 500. The predicted molar refractivity (Wildman–Crippen MR) is 101 cm³/mol. The summed E-state index contributed by atoms with van der Waals surface area (Å²) in [6, 6.07) is 7.98. The Balaban J connectivity index is 1.63. The van der Waals surface area contributed by atoms with E-state index in [1.165, 1.54) is 5.56 Å². The molecule has 0 bridgehead atoms. The maximum Gasteiger partial charge on any atom is 0.190 e. The summed E-state index contributed by atoms with van der Waals surface area (Å²) in [5.74, 6) is 1.43. The van der Waals surface area contributed by atoms with Crippen LogP contribution in [0.2, 0.25) is 5.02 Å². The van der Waals surface area contributed by atoms with Crippen molar-refractivity contribution >= 4 is 17.6 Å². The smallest absolute Gasteiger partial charge is 0.190 e. The lowest BCUT2D eigenvalue weighted by Crippen LogP contribution is -2.44. The van der Waals surface area contributed by atoms with E-state index in [1.54, 1.807) is 0 Å². The summed E-state index contributed by atoms with van der Waals surface area (Å²) in [6.45, 7) is 8.91. The number of morpholine rings is 1. The van der Waals surface area contributed by atoms with Gasteiger partial charge in [-0.3, -0.25) is 9.89 Å². The fraction of sp³-hybridized carbons (Fsp3) is 0.611. The zero-order valence-electron chi connectivity index (χ0n) is 14.7. The highest BCUT2D eigenvalue weighted by Crippen LogP contribution is 2.09. The minimum absolute atomic E-state index is 0.568. The number of rotatable bonds is 7. The van der Waals surface area contributed by atoms with Gasteiger partial charge in [0.05, 0.1) is 13.2 Å². The molecule has 2 rings (SSSR count). The Labute approximate surface area is 150 Å². The SMILES string of the molecule is CN=C(NCCc1ccc(Cl)cc1)NCC(C)CN1CCOCC1. The molecule has 0 radical (unpaired) electrons. The first-order valence-electron chi connectivity index (χ1n) is 8.66. The minimum atomic E-state index is 0.568. The van der Waals surface area contributed by atoms with Gasteiger partial charge in [-0.05, 0) is 30.0 Å². The summed E-state index contributed by atoms with van der Waals surface area (Å²) in [5.41, 5.74) is 1.27. The van der Waals surface area contributed by atoms with Crippen LogP contribution in [0, 0.1) is 5.92 Å². The summed E-state index contributed by atoms with van der Waals surface area (Å²) in [7, 11) is 1.81. The molecule has 1 aromatic rings. The fourth-order valence-corrected chi connectivity index (χ4v) is 2.88. The van der Waals surface area contributed by atoms with Crippen LogP contribution in [0.3, 0.4) is 0 Å². The predicted octanol–water partition coefficient (Wildman–Crippen LogP) is 2.02. The highest BCUT2D eigenvalue weighted by molar-refractivity contribution is 6.30. The van der Waals surface area contributed by atoms with Crippen molar-refractivity contribution < 1.29 is 4.74 Å². The number of nitrogens with one attached hydrogen (secondary N) is 2. The average Bonchev–Trinajstić information content (AvgIpc) is 2.60. The van der Waals surface area contributed by atoms with E-state index in [1.807, 2.05) is 19.2 Å². The maximum absolute atomic E-state index is 5.90. The standard InChI is InChI=1S/C18H29ClN4O/c1-15(14-23-9-11-24-12-10-23)13-22-18(20-2)21-8-7-16-3-5-17(19)6-4-16/h3-6,15H,7-14H2,1-2H3,(H2,20,21,22). The van der Waals surface area contributed by atoms with Crippen LogP contribution in [0.1, 0.15) is 12.5 Å². The van der Waals surface area contributed by atoms with Crippen molar-refractivity contribution in [1.82, 2.24) is 15.5 Å². The summed E-state index contributed by atoms with van der Waals surface area (Å²) < 4.78 is 5.39. The van der Waals surface area contributed by atoms with Crippen LogP contribution in [-0.4, -0.2) is 63.8 Å². The average molecular weight is 353 g/mol. The fourth-order valence-electron chi connectivity index (χ4n) is 2.76. The van der Waals surface area contributed by atoms with Gasteiger partial charge >= 0.3 is 0 Å². The van der Waals surface area contributed by atoms with E-state index in [-0.39, 0.29) is 0 Å². The van der Waals surface area contributed by atoms with E-state index in [0.29, 0.717) is 5.92 Å². The van der Waals surface area contributed by atoms with Crippen molar-refractivity contribution in [2.45, 2.75) is 13.3 Å². The van der Waals surface area contributed by atoms with Gasteiger partial charge in [-0.1, -0.05) is 30.7 Å². The van der Waals surface area contributed by atoms with Gasteiger partial charge in [0.1, 0.15) is 0 Å². The maximum atomic E-state index is 5.90. The molecular formula is C18H29ClN4O. The molecule has 0 saturated carbocycles. The largest absolute Gasteiger partial charge is 0.379 e. The highest BCUT2D eigenvalue weighted by Gasteiger charge is 2.13.